The van der Waals surface area contributed by atoms with Gasteiger partial charge in [0.05, 0.1) is 17.8 Å². The van der Waals surface area contributed by atoms with Gasteiger partial charge in [0.25, 0.3) is 5.91 Å². The van der Waals surface area contributed by atoms with Gasteiger partial charge in [0.1, 0.15) is 5.75 Å². The van der Waals surface area contributed by atoms with E-state index in [-0.39, 0.29) is 36.1 Å². The molecule has 0 bridgehead atoms. The minimum absolute atomic E-state index is 0. The number of benzene rings is 2. The Kier molecular flexibility index (Phi) is 8.66. The van der Waals surface area contributed by atoms with E-state index in [2.05, 4.69) is 49.1 Å². The van der Waals surface area contributed by atoms with Crippen molar-refractivity contribution in [1.82, 2.24) is 9.80 Å². The molecule has 1 spiro atoms. The van der Waals surface area contributed by atoms with Gasteiger partial charge in [-0.2, -0.15) is 0 Å². The average molecular weight is 487 g/mol. The van der Waals surface area contributed by atoms with Crippen molar-refractivity contribution in [1.29, 1.82) is 0 Å². The number of hydrogen-bond acceptors (Lipinski definition) is 4. The summed E-state index contributed by atoms with van der Waals surface area (Å²) in [7, 11) is 0. The predicted octanol–water partition coefficient (Wildman–Crippen LogP) is 5.66. The monoisotopic (exact) mass is 486 g/mol. The van der Waals surface area contributed by atoms with Crippen molar-refractivity contribution < 1.29 is 14.3 Å². The summed E-state index contributed by atoms with van der Waals surface area (Å²) in [6.45, 7) is 13.8. The zero-order valence-electron chi connectivity index (χ0n) is 21.1. The molecule has 2 aliphatic heterocycles. The maximum atomic E-state index is 13.2. The number of carbonyl (C=O) groups is 1. The molecule has 0 saturated carbocycles. The van der Waals surface area contributed by atoms with Crippen molar-refractivity contribution in [3.8, 4) is 5.75 Å². The van der Waals surface area contributed by atoms with Gasteiger partial charge < -0.3 is 14.4 Å². The lowest BCUT2D eigenvalue weighted by atomic mass is 9.87. The molecular weight excluding hydrogens is 448 g/mol. The summed E-state index contributed by atoms with van der Waals surface area (Å²) in [5.41, 5.74) is 2.76. The number of morpholine rings is 1. The Morgan fingerprint density at radius 1 is 1.06 bits per heavy atom. The fraction of sp³-hybridized carbons (Fsp3) is 0.536. The van der Waals surface area contributed by atoms with Crippen LogP contribution in [0.4, 0.5) is 0 Å². The lowest BCUT2D eigenvalue weighted by Gasteiger charge is -2.51. The van der Waals surface area contributed by atoms with Crippen LogP contribution < -0.4 is 4.74 Å². The Bertz CT molecular complexity index is 955. The number of nitrogens with zero attached hydrogens (tertiary/aromatic N) is 2. The molecule has 2 heterocycles. The van der Waals surface area contributed by atoms with Crippen molar-refractivity contribution in [2.45, 2.75) is 71.3 Å². The van der Waals surface area contributed by atoms with Crippen LogP contribution in [0.5, 0.6) is 5.75 Å². The van der Waals surface area contributed by atoms with E-state index in [4.69, 9.17) is 9.47 Å². The maximum Gasteiger partial charge on any atom is 0.253 e. The highest BCUT2D eigenvalue weighted by Gasteiger charge is 2.44. The molecule has 4 rings (SSSR count). The van der Waals surface area contributed by atoms with Gasteiger partial charge >= 0.3 is 0 Å². The Morgan fingerprint density at radius 2 is 1.74 bits per heavy atom. The van der Waals surface area contributed by atoms with Gasteiger partial charge in [-0.15, -0.1) is 12.4 Å². The van der Waals surface area contributed by atoms with E-state index in [1.54, 1.807) is 0 Å². The highest BCUT2D eigenvalue weighted by Crippen LogP contribution is 2.38. The number of carbonyl (C=O) groups excluding carboxylic acids is 1. The number of aryl methyl sites for hydroxylation is 1. The second kappa shape index (κ2) is 11.1. The van der Waals surface area contributed by atoms with Crippen LogP contribution in [0.25, 0.3) is 0 Å². The molecule has 2 fully saturated rings. The van der Waals surface area contributed by atoms with Gasteiger partial charge in [0, 0.05) is 37.8 Å². The largest absolute Gasteiger partial charge is 0.491 e. The standard InChI is InChI=1S/C28H38N2O3.ClH/c1-20(2)30-18-26(23-9-7-6-8-10-23)33-28(19-30)13-15-29(16-14-28)27(31)24-11-12-25(22(5)17-24)32-21(3)4;/h6-12,17,20-21,26H,13-16,18-19H2,1-5H3;1H. The van der Waals surface area contributed by atoms with Crippen molar-refractivity contribution >= 4 is 18.3 Å². The first kappa shape index (κ1) is 26.5. The Balaban J connectivity index is 0.00000324. The molecule has 0 aliphatic carbocycles. The molecule has 5 nitrogen and oxygen atoms in total. The summed E-state index contributed by atoms with van der Waals surface area (Å²) in [5, 5.41) is 0. The van der Waals surface area contributed by atoms with E-state index in [1.165, 1.54) is 5.56 Å². The molecule has 2 aromatic carbocycles. The van der Waals surface area contributed by atoms with E-state index < -0.39 is 0 Å². The van der Waals surface area contributed by atoms with Crippen LogP contribution in [-0.2, 0) is 4.74 Å². The van der Waals surface area contributed by atoms with Gasteiger partial charge in [-0.1, -0.05) is 30.3 Å². The van der Waals surface area contributed by atoms with Crippen molar-refractivity contribution in [3.05, 3.63) is 65.2 Å². The van der Waals surface area contributed by atoms with Gasteiger partial charge in [-0.05, 0) is 76.8 Å². The number of halogens is 1. The van der Waals surface area contributed by atoms with Crippen LogP contribution in [0.15, 0.2) is 48.5 Å². The second-order valence-corrected chi connectivity index (χ2v) is 10.2. The van der Waals surface area contributed by atoms with Crippen LogP contribution in [0.3, 0.4) is 0 Å². The lowest BCUT2D eigenvalue weighted by Crippen LogP contribution is -2.59. The van der Waals surface area contributed by atoms with E-state index in [0.717, 1.165) is 55.9 Å². The summed E-state index contributed by atoms with van der Waals surface area (Å²) in [4.78, 5) is 17.8. The quantitative estimate of drug-likeness (QED) is 0.546. The molecule has 0 radical (unpaired) electrons. The van der Waals surface area contributed by atoms with Crippen molar-refractivity contribution in [2.24, 2.45) is 0 Å². The Labute approximate surface area is 210 Å². The topological polar surface area (TPSA) is 42.0 Å². The first-order valence-electron chi connectivity index (χ1n) is 12.3. The molecule has 2 aliphatic rings. The van der Waals surface area contributed by atoms with E-state index in [1.807, 2.05) is 43.9 Å². The van der Waals surface area contributed by atoms with E-state index >= 15 is 0 Å². The van der Waals surface area contributed by atoms with E-state index in [0.29, 0.717) is 6.04 Å². The molecule has 0 N–H and O–H groups in total. The highest BCUT2D eigenvalue weighted by molar-refractivity contribution is 5.94. The van der Waals surface area contributed by atoms with Crippen LogP contribution >= 0.6 is 12.4 Å². The molecule has 6 heteroatoms. The van der Waals surface area contributed by atoms with Crippen LogP contribution in [0.2, 0.25) is 0 Å². The fourth-order valence-corrected chi connectivity index (χ4v) is 5.00. The van der Waals surface area contributed by atoms with E-state index in [9.17, 15) is 4.79 Å². The zero-order valence-corrected chi connectivity index (χ0v) is 21.9. The van der Waals surface area contributed by atoms with Gasteiger partial charge in [-0.25, -0.2) is 0 Å². The fourth-order valence-electron chi connectivity index (χ4n) is 5.00. The summed E-state index contributed by atoms with van der Waals surface area (Å²) in [6, 6.07) is 16.8. The minimum atomic E-state index is -0.204. The SMILES string of the molecule is Cc1cc(C(=O)N2CCC3(CC2)CN(C(C)C)CC(c2ccccc2)O3)ccc1OC(C)C.Cl. The van der Waals surface area contributed by atoms with Crippen LogP contribution in [0, 0.1) is 6.92 Å². The predicted molar refractivity (Wildman–Crippen MR) is 139 cm³/mol. The molecular formula is C28H39ClN2O3. The number of piperidine rings is 1. The van der Waals surface area contributed by atoms with Crippen molar-refractivity contribution in [2.75, 3.05) is 26.2 Å². The smallest absolute Gasteiger partial charge is 0.253 e. The average Bonchev–Trinajstić information content (AvgIpc) is 2.80. The third-order valence-electron chi connectivity index (χ3n) is 6.93. The highest BCUT2D eigenvalue weighted by atomic mass is 35.5. The third kappa shape index (κ3) is 5.94. The third-order valence-corrected chi connectivity index (χ3v) is 6.93. The summed E-state index contributed by atoms with van der Waals surface area (Å²) in [5.74, 6) is 0.940. The molecule has 0 aromatic heterocycles. The first-order valence-corrected chi connectivity index (χ1v) is 12.3. The first-order chi connectivity index (χ1) is 15.8. The summed E-state index contributed by atoms with van der Waals surface area (Å²) < 4.78 is 12.6. The Morgan fingerprint density at radius 3 is 2.32 bits per heavy atom. The Hall–Kier alpha value is -2.08. The molecule has 2 saturated heterocycles. The normalized spacial score (nSPS) is 20.4. The zero-order chi connectivity index (χ0) is 23.6. The number of rotatable bonds is 5. The number of likely N-dealkylation sites (tertiary alicyclic amines) is 1. The maximum absolute atomic E-state index is 13.2. The number of amides is 1. The van der Waals surface area contributed by atoms with Crippen LogP contribution in [0.1, 0.15) is 68.1 Å². The summed E-state index contributed by atoms with van der Waals surface area (Å²) in [6.07, 6.45) is 1.90. The molecule has 34 heavy (non-hydrogen) atoms. The van der Waals surface area contributed by atoms with Crippen LogP contribution in [-0.4, -0.2) is 59.6 Å². The minimum Gasteiger partial charge on any atom is -0.491 e. The lowest BCUT2D eigenvalue weighted by molar-refractivity contribution is -0.180. The van der Waals surface area contributed by atoms with Gasteiger partial charge in [-0.3, -0.25) is 9.69 Å². The second-order valence-electron chi connectivity index (χ2n) is 10.2. The molecule has 1 amide bonds. The molecule has 186 valence electrons. The molecule has 1 unspecified atom stereocenters. The summed E-state index contributed by atoms with van der Waals surface area (Å²) >= 11 is 0. The van der Waals surface area contributed by atoms with Gasteiger partial charge in [0.2, 0.25) is 0 Å². The molecule has 1 atom stereocenters. The number of ether oxygens (including phenoxy) is 2. The molecule has 2 aromatic rings. The number of hydrogen-bond donors (Lipinski definition) is 0. The van der Waals surface area contributed by atoms with Gasteiger partial charge in [0.15, 0.2) is 0 Å². The van der Waals surface area contributed by atoms with Crippen molar-refractivity contribution in [3.63, 3.8) is 0 Å².